The highest BCUT2D eigenvalue weighted by Crippen LogP contribution is 2.56. The summed E-state index contributed by atoms with van der Waals surface area (Å²) < 4.78 is 5.47. The van der Waals surface area contributed by atoms with Crippen molar-refractivity contribution < 1.29 is 33.8 Å². The monoisotopic (exact) mass is 601 g/mol. The molecule has 3 aliphatic carbocycles. The van der Waals surface area contributed by atoms with Gasteiger partial charge in [0.05, 0.1) is 29.1 Å². The topological polar surface area (TPSA) is 118 Å². The molecule has 4 aliphatic rings. The van der Waals surface area contributed by atoms with Crippen LogP contribution in [0, 0.1) is 17.8 Å². The van der Waals surface area contributed by atoms with E-state index in [9.17, 15) is 29.1 Å². The minimum Gasteiger partial charge on any atom is -0.504 e. The second-order valence-corrected chi connectivity index (χ2v) is 11.3. The number of carbonyl (C=O) groups is 5. The van der Waals surface area contributed by atoms with E-state index in [4.69, 9.17) is 4.74 Å². The molecule has 0 bridgehead atoms. The molecule has 1 fully saturated rings. The van der Waals surface area contributed by atoms with Gasteiger partial charge in [0, 0.05) is 28.7 Å². The van der Waals surface area contributed by atoms with Crippen LogP contribution in [-0.4, -0.2) is 41.4 Å². The summed E-state index contributed by atoms with van der Waals surface area (Å²) in [5, 5.41) is 10.2. The minimum atomic E-state index is -0.719. The standard InChI is InChI=1S/C31H24BrNO7/c1-14(34)15-3-6-17(7-4-15)33-30(38)19-9-8-18-20(27(19)31(33)39)12-21-28(24(36)13-22(32)29(21)37)26(18)16-5-10-23(35)25(11-16)40-2/h3-8,10-11,13,19-20,26-27,35H,9,12H2,1-2H3. The van der Waals surface area contributed by atoms with Gasteiger partial charge in [-0.15, -0.1) is 0 Å². The van der Waals surface area contributed by atoms with E-state index in [1.54, 1.807) is 36.4 Å². The number of hydrogen-bond donors (Lipinski definition) is 1. The van der Waals surface area contributed by atoms with E-state index in [1.807, 2.05) is 6.08 Å². The zero-order valence-corrected chi connectivity index (χ0v) is 23.2. The number of amides is 2. The number of allylic oxidation sites excluding steroid dienone is 6. The van der Waals surface area contributed by atoms with Crippen LogP contribution in [0.25, 0.3) is 0 Å². The molecule has 1 saturated heterocycles. The van der Waals surface area contributed by atoms with Crippen LogP contribution in [0.5, 0.6) is 11.5 Å². The third-order valence-electron chi connectivity index (χ3n) is 8.40. The number of rotatable bonds is 4. The predicted molar refractivity (Wildman–Crippen MR) is 148 cm³/mol. The maximum atomic E-state index is 14.0. The fraction of sp³-hybridized carbons (Fsp3) is 0.258. The maximum Gasteiger partial charge on any atom is 0.238 e. The largest absolute Gasteiger partial charge is 0.504 e. The number of nitrogens with zero attached hydrogens (tertiary/aromatic N) is 1. The molecule has 8 nitrogen and oxygen atoms in total. The van der Waals surface area contributed by atoms with Crippen molar-refractivity contribution in [3.8, 4) is 11.5 Å². The van der Waals surface area contributed by atoms with Crippen LogP contribution in [0.3, 0.4) is 0 Å². The fourth-order valence-electron chi connectivity index (χ4n) is 6.56. The normalized spacial score (nSPS) is 25.7. The van der Waals surface area contributed by atoms with Gasteiger partial charge in [-0.05, 0) is 83.6 Å². The number of ether oxygens (including phenoxy) is 1. The quantitative estimate of drug-likeness (QED) is 0.236. The van der Waals surface area contributed by atoms with Crippen molar-refractivity contribution >= 4 is 50.8 Å². The number of phenols is 1. The van der Waals surface area contributed by atoms with Crippen molar-refractivity contribution in [2.75, 3.05) is 12.0 Å². The van der Waals surface area contributed by atoms with Crippen molar-refractivity contribution in [1.29, 1.82) is 0 Å². The lowest BCUT2D eigenvalue weighted by molar-refractivity contribution is -0.123. The number of methoxy groups -OCH3 is 1. The molecule has 0 aromatic heterocycles. The van der Waals surface area contributed by atoms with Crippen LogP contribution in [-0.2, 0) is 19.2 Å². The summed E-state index contributed by atoms with van der Waals surface area (Å²) in [5.41, 5.74) is 2.97. The van der Waals surface area contributed by atoms with Gasteiger partial charge in [0.25, 0.3) is 0 Å². The van der Waals surface area contributed by atoms with Crippen LogP contribution in [0.2, 0.25) is 0 Å². The van der Waals surface area contributed by atoms with Crippen molar-refractivity contribution in [1.82, 2.24) is 0 Å². The third kappa shape index (κ3) is 3.83. The number of aromatic hydroxyl groups is 1. The number of ketones is 3. The number of anilines is 1. The van der Waals surface area contributed by atoms with Gasteiger partial charge >= 0.3 is 0 Å². The Labute approximate surface area is 238 Å². The predicted octanol–water partition coefficient (Wildman–Crippen LogP) is 4.57. The fourth-order valence-corrected chi connectivity index (χ4v) is 7.01. The summed E-state index contributed by atoms with van der Waals surface area (Å²) in [6.45, 7) is 1.44. The maximum absolute atomic E-state index is 14.0. The zero-order valence-electron chi connectivity index (χ0n) is 21.6. The van der Waals surface area contributed by atoms with Gasteiger partial charge in [0.15, 0.2) is 28.8 Å². The van der Waals surface area contributed by atoms with Crippen molar-refractivity contribution in [3.63, 3.8) is 0 Å². The molecule has 0 spiro atoms. The average Bonchev–Trinajstić information content (AvgIpc) is 3.20. The van der Waals surface area contributed by atoms with Gasteiger partial charge in [0.2, 0.25) is 11.8 Å². The molecule has 0 saturated carbocycles. The first-order valence-electron chi connectivity index (χ1n) is 12.9. The van der Waals surface area contributed by atoms with Crippen molar-refractivity contribution in [2.45, 2.75) is 25.7 Å². The van der Waals surface area contributed by atoms with Crippen LogP contribution < -0.4 is 9.64 Å². The molecule has 9 heteroatoms. The molecular weight excluding hydrogens is 578 g/mol. The smallest absolute Gasteiger partial charge is 0.238 e. The molecular formula is C31H24BrNO7. The summed E-state index contributed by atoms with van der Waals surface area (Å²) in [7, 11) is 1.42. The first-order valence-corrected chi connectivity index (χ1v) is 13.7. The van der Waals surface area contributed by atoms with Gasteiger partial charge < -0.3 is 9.84 Å². The molecule has 40 heavy (non-hydrogen) atoms. The van der Waals surface area contributed by atoms with Crippen LogP contribution in [0.4, 0.5) is 5.69 Å². The first-order chi connectivity index (χ1) is 19.1. The number of fused-ring (bicyclic) bond motifs is 3. The number of phenolic OH excluding ortho intramolecular Hbond substituents is 1. The van der Waals surface area contributed by atoms with Gasteiger partial charge in [0.1, 0.15) is 0 Å². The highest BCUT2D eigenvalue weighted by Gasteiger charge is 2.56. The Morgan fingerprint density at radius 3 is 2.42 bits per heavy atom. The Balaban J connectivity index is 1.46. The second kappa shape index (κ2) is 9.52. The highest BCUT2D eigenvalue weighted by atomic mass is 79.9. The number of Topliss-reactive ketones (excluding diaryl/α,β-unsaturated/α-hetero) is 2. The summed E-state index contributed by atoms with van der Waals surface area (Å²) in [6, 6.07) is 11.2. The van der Waals surface area contributed by atoms with Gasteiger partial charge in [-0.1, -0.05) is 17.7 Å². The number of imide groups is 1. The number of benzene rings is 2. The van der Waals surface area contributed by atoms with E-state index >= 15 is 0 Å². The molecule has 1 aliphatic heterocycles. The number of carbonyl (C=O) groups excluding carboxylic acids is 5. The minimum absolute atomic E-state index is 0.0674. The molecule has 6 rings (SSSR count). The lowest BCUT2D eigenvalue weighted by atomic mass is 9.59. The Hall–Kier alpha value is -4.11. The Bertz CT molecular complexity index is 1630. The van der Waals surface area contributed by atoms with E-state index in [0.29, 0.717) is 34.4 Å². The highest BCUT2D eigenvalue weighted by molar-refractivity contribution is 9.12. The van der Waals surface area contributed by atoms with Crippen molar-refractivity contribution in [3.05, 3.63) is 86.9 Å². The Kier molecular flexibility index (Phi) is 6.22. The Morgan fingerprint density at radius 2 is 1.75 bits per heavy atom. The molecule has 4 atom stereocenters. The average molecular weight is 602 g/mol. The molecule has 0 radical (unpaired) electrons. The number of halogens is 1. The molecule has 202 valence electrons. The second-order valence-electron chi connectivity index (χ2n) is 10.4. The number of hydrogen-bond acceptors (Lipinski definition) is 7. The van der Waals surface area contributed by atoms with Crippen LogP contribution in [0.1, 0.15) is 41.6 Å². The Morgan fingerprint density at radius 1 is 1.02 bits per heavy atom. The molecule has 1 N–H and O–H groups in total. The van der Waals surface area contributed by atoms with E-state index in [-0.39, 0.29) is 51.6 Å². The van der Waals surface area contributed by atoms with E-state index < -0.39 is 23.7 Å². The summed E-state index contributed by atoms with van der Waals surface area (Å²) in [6.07, 6.45) is 3.66. The summed E-state index contributed by atoms with van der Waals surface area (Å²) >= 11 is 3.22. The molecule has 1 heterocycles. The third-order valence-corrected chi connectivity index (χ3v) is 8.99. The van der Waals surface area contributed by atoms with E-state index in [1.165, 1.54) is 31.1 Å². The molecule has 2 aromatic carbocycles. The molecule has 2 amide bonds. The van der Waals surface area contributed by atoms with Gasteiger partial charge in [-0.25, -0.2) is 0 Å². The van der Waals surface area contributed by atoms with Gasteiger partial charge in [-0.3, -0.25) is 28.9 Å². The van der Waals surface area contributed by atoms with E-state index in [0.717, 1.165) is 5.57 Å². The molecule has 2 aromatic rings. The SMILES string of the molecule is COc1cc(C2C3=CCC4C(=O)N(c5ccc(C(C)=O)cc5)C(=O)C4C3CC3=C2C(=O)C=C(Br)C3=O)ccc1O. The first kappa shape index (κ1) is 26.1. The van der Waals surface area contributed by atoms with Crippen LogP contribution >= 0.6 is 15.9 Å². The van der Waals surface area contributed by atoms with E-state index in [2.05, 4.69) is 15.9 Å². The zero-order chi connectivity index (χ0) is 28.5. The van der Waals surface area contributed by atoms with Crippen LogP contribution in [0.15, 0.2) is 75.8 Å². The summed E-state index contributed by atoms with van der Waals surface area (Å²) in [5.74, 6) is -3.75. The van der Waals surface area contributed by atoms with Gasteiger partial charge in [-0.2, -0.15) is 0 Å². The lowest BCUT2D eigenvalue weighted by Gasteiger charge is -2.42. The summed E-state index contributed by atoms with van der Waals surface area (Å²) in [4.78, 5) is 67.1. The molecule has 4 unspecified atom stereocenters. The van der Waals surface area contributed by atoms with Crippen molar-refractivity contribution in [2.24, 2.45) is 17.8 Å². The lowest BCUT2D eigenvalue weighted by Crippen LogP contribution is -2.39.